The van der Waals surface area contributed by atoms with Crippen molar-refractivity contribution >= 4 is 0 Å². The fraction of sp³-hybridized carbons (Fsp3) is 0.188. The molecule has 0 fully saturated rings. The number of phenols is 1. The highest BCUT2D eigenvalue weighted by molar-refractivity contribution is 5.42. The van der Waals surface area contributed by atoms with E-state index in [1.807, 2.05) is 36.4 Å². The predicted molar refractivity (Wildman–Crippen MR) is 71.4 cm³/mol. The quantitative estimate of drug-likeness (QED) is 0.867. The molecule has 2 rings (SSSR count). The van der Waals surface area contributed by atoms with Crippen LogP contribution in [0, 0.1) is 11.3 Å². The summed E-state index contributed by atoms with van der Waals surface area (Å²) in [5, 5.41) is 18.1. The van der Waals surface area contributed by atoms with Crippen LogP contribution in [0.3, 0.4) is 0 Å². The van der Waals surface area contributed by atoms with Crippen molar-refractivity contribution in [2.45, 2.75) is 19.3 Å². The number of hydrogen-bond donors (Lipinski definition) is 1. The Hall–Kier alpha value is -2.27. The summed E-state index contributed by atoms with van der Waals surface area (Å²) in [7, 11) is 0. The minimum atomic E-state index is -0.151. The number of nitrogens with zero attached hydrogens (tertiary/aromatic N) is 1. The van der Waals surface area contributed by atoms with Gasteiger partial charge in [-0.2, -0.15) is 5.26 Å². The van der Waals surface area contributed by atoms with Crippen LogP contribution in [-0.4, -0.2) is 5.11 Å². The van der Waals surface area contributed by atoms with E-state index in [4.69, 9.17) is 5.26 Å². The Morgan fingerprint density at radius 1 is 0.889 bits per heavy atom. The van der Waals surface area contributed by atoms with Gasteiger partial charge in [0.25, 0.3) is 0 Å². The van der Waals surface area contributed by atoms with Gasteiger partial charge in [0.05, 0.1) is 11.6 Å². The monoisotopic (exact) mass is 237 g/mol. The Kier molecular flexibility index (Phi) is 3.08. The highest BCUT2D eigenvalue weighted by Crippen LogP contribution is 2.32. The fourth-order valence-electron chi connectivity index (χ4n) is 2.01. The van der Waals surface area contributed by atoms with Crippen LogP contribution in [0.2, 0.25) is 0 Å². The summed E-state index contributed by atoms with van der Waals surface area (Å²) < 4.78 is 0. The smallest absolute Gasteiger partial charge is 0.115 e. The van der Waals surface area contributed by atoms with E-state index in [0.29, 0.717) is 5.56 Å². The van der Waals surface area contributed by atoms with Gasteiger partial charge in [-0.25, -0.2) is 0 Å². The van der Waals surface area contributed by atoms with Crippen molar-refractivity contribution in [1.82, 2.24) is 0 Å². The molecule has 0 saturated heterocycles. The average Bonchev–Trinajstić information content (AvgIpc) is 2.39. The number of benzene rings is 2. The van der Waals surface area contributed by atoms with E-state index in [1.165, 1.54) is 0 Å². The molecule has 90 valence electrons. The number of phenolic OH excluding ortho intramolecular Hbond substituents is 1. The maximum absolute atomic E-state index is 9.33. The Balaban J connectivity index is 2.40. The van der Waals surface area contributed by atoms with Crippen molar-refractivity contribution in [3.8, 4) is 11.8 Å². The first-order chi connectivity index (χ1) is 8.54. The van der Waals surface area contributed by atoms with Crippen LogP contribution in [0.4, 0.5) is 0 Å². The van der Waals surface area contributed by atoms with Crippen molar-refractivity contribution in [2.75, 3.05) is 0 Å². The van der Waals surface area contributed by atoms with Crippen LogP contribution >= 0.6 is 0 Å². The molecule has 0 amide bonds. The van der Waals surface area contributed by atoms with Gasteiger partial charge in [0.2, 0.25) is 0 Å². The van der Waals surface area contributed by atoms with Crippen molar-refractivity contribution in [2.24, 2.45) is 0 Å². The molecule has 0 aromatic heterocycles. The molecule has 18 heavy (non-hydrogen) atoms. The molecule has 0 spiro atoms. The lowest BCUT2D eigenvalue weighted by Gasteiger charge is -2.26. The van der Waals surface area contributed by atoms with Crippen LogP contribution < -0.4 is 0 Å². The third-order valence-corrected chi connectivity index (χ3v) is 3.32. The number of nitriles is 1. The Morgan fingerprint density at radius 3 is 1.78 bits per heavy atom. The van der Waals surface area contributed by atoms with Crippen molar-refractivity contribution in [1.29, 1.82) is 5.26 Å². The summed E-state index contributed by atoms with van der Waals surface area (Å²) in [6.45, 7) is 4.25. The summed E-state index contributed by atoms with van der Waals surface area (Å²) in [5.41, 5.74) is 2.79. The summed E-state index contributed by atoms with van der Waals surface area (Å²) in [6, 6.07) is 17.0. The van der Waals surface area contributed by atoms with E-state index >= 15 is 0 Å². The van der Waals surface area contributed by atoms with Gasteiger partial charge in [0.15, 0.2) is 0 Å². The van der Waals surface area contributed by atoms with Crippen LogP contribution in [0.25, 0.3) is 0 Å². The zero-order valence-corrected chi connectivity index (χ0v) is 10.5. The summed E-state index contributed by atoms with van der Waals surface area (Å²) >= 11 is 0. The van der Waals surface area contributed by atoms with Gasteiger partial charge in [0, 0.05) is 5.41 Å². The number of hydrogen-bond acceptors (Lipinski definition) is 2. The molecule has 0 aliphatic heterocycles. The van der Waals surface area contributed by atoms with Crippen LogP contribution in [0.15, 0.2) is 48.5 Å². The van der Waals surface area contributed by atoms with Crippen LogP contribution in [-0.2, 0) is 5.41 Å². The SMILES string of the molecule is CC(C)(c1ccc(O)cc1)c1ccc(C#N)cc1. The Labute approximate surface area is 107 Å². The van der Waals surface area contributed by atoms with Gasteiger partial charge in [-0.15, -0.1) is 0 Å². The molecular formula is C16H15NO. The molecule has 2 aromatic rings. The van der Waals surface area contributed by atoms with E-state index in [0.717, 1.165) is 11.1 Å². The molecular weight excluding hydrogens is 222 g/mol. The second-order valence-corrected chi connectivity index (χ2v) is 4.86. The van der Waals surface area contributed by atoms with Gasteiger partial charge < -0.3 is 5.11 Å². The molecule has 0 radical (unpaired) electrons. The van der Waals surface area contributed by atoms with E-state index in [1.54, 1.807) is 12.1 Å². The fourth-order valence-corrected chi connectivity index (χ4v) is 2.01. The zero-order valence-electron chi connectivity index (χ0n) is 10.5. The van der Waals surface area contributed by atoms with E-state index < -0.39 is 0 Å². The Bertz CT molecular complexity index is 574. The molecule has 2 nitrogen and oxygen atoms in total. The molecule has 2 heteroatoms. The number of aromatic hydroxyl groups is 1. The molecule has 0 aliphatic rings. The minimum Gasteiger partial charge on any atom is -0.508 e. The van der Waals surface area contributed by atoms with Crippen molar-refractivity contribution in [3.63, 3.8) is 0 Å². The molecule has 0 heterocycles. The van der Waals surface area contributed by atoms with Crippen LogP contribution in [0.1, 0.15) is 30.5 Å². The molecule has 0 bridgehead atoms. The summed E-state index contributed by atoms with van der Waals surface area (Å²) in [4.78, 5) is 0. The zero-order chi connectivity index (χ0) is 13.2. The van der Waals surface area contributed by atoms with E-state index in [-0.39, 0.29) is 11.2 Å². The van der Waals surface area contributed by atoms with Crippen molar-refractivity contribution < 1.29 is 5.11 Å². The average molecular weight is 237 g/mol. The highest BCUT2D eigenvalue weighted by atomic mass is 16.3. The number of rotatable bonds is 2. The Morgan fingerprint density at radius 2 is 1.33 bits per heavy atom. The topological polar surface area (TPSA) is 44.0 Å². The summed E-state index contributed by atoms with van der Waals surface area (Å²) in [5.74, 6) is 0.273. The van der Waals surface area contributed by atoms with Gasteiger partial charge >= 0.3 is 0 Å². The molecule has 0 saturated carbocycles. The summed E-state index contributed by atoms with van der Waals surface area (Å²) in [6.07, 6.45) is 0. The first kappa shape index (κ1) is 12.2. The maximum Gasteiger partial charge on any atom is 0.115 e. The lowest BCUT2D eigenvalue weighted by molar-refractivity contribution is 0.474. The second-order valence-electron chi connectivity index (χ2n) is 4.86. The second kappa shape index (κ2) is 4.54. The first-order valence-corrected chi connectivity index (χ1v) is 5.84. The largest absolute Gasteiger partial charge is 0.508 e. The minimum absolute atomic E-state index is 0.151. The van der Waals surface area contributed by atoms with Gasteiger partial charge in [-0.3, -0.25) is 0 Å². The van der Waals surface area contributed by atoms with Gasteiger partial charge in [0.1, 0.15) is 5.75 Å². The first-order valence-electron chi connectivity index (χ1n) is 5.84. The maximum atomic E-state index is 9.33. The lowest BCUT2D eigenvalue weighted by atomic mass is 9.78. The third kappa shape index (κ3) is 2.21. The van der Waals surface area contributed by atoms with Gasteiger partial charge in [-0.05, 0) is 35.4 Å². The van der Waals surface area contributed by atoms with Crippen LogP contribution in [0.5, 0.6) is 5.75 Å². The third-order valence-electron chi connectivity index (χ3n) is 3.32. The van der Waals surface area contributed by atoms with E-state index in [9.17, 15) is 5.11 Å². The lowest BCUT2D eigenvalue weighted by Crippen LogP contribution is -2.18. The van der Waals surface area contributed by atoms with Gasteiger partial charge in [-0.1, -0.05) is 38.1 Å². The molecule has 1 N–H and O–H groups in total. The van der Waals surface area contributed by atoms with Crippen molar-refractivity contribution in [3.05, 3.63) is 65.2 Å². The predicted octanol–water partition coefficient (Wildman–Crippen LogP) is 3.59. The molecule has 2 aromatic carbocycles. The van der Waals surface area contributed by atoms with E-state index in [2.05, 4.69) is 19.9 Å². The molecule has 0 unspecified atom stereocenters. The normalized spacial score (nSPS) is 10.9. The highest BCUT2D eigenvalue weighted by Gasteiger charge is 2.22. The molecule has 0 aliphatic carbocycles. The molecule has 0 atom stereocenters. The standard InChI is InChI=1S/C16H15NO/c1-16(2,14-7-9-15(18)10-8-14)13-5-3-12(11-17)4-6-13/h3-10,18H,1-2H3.